The summed E-state index contributed by atoms with van der Waals surface area (Å²) in [5.74, 6) is 0.883. The molecular formula is C12H15N3O2S. The zero-order valence-electron chi connectivity index (χ0n) is 10.6. The van der Waals surface area contributed by atoms with Gasteiger partial charge < -0.3 is 4.90 Å². The Kier molecular flexibility index (Phi) is 4.98. The van der Waals surface area contributed by atoms with Gasteiger partial charge in [-0.1, -0.05) is 0 Å². The standard InChI is InChI=1S/C12H15N3O2S/c1-9(8-18-3)14(2)11-5-4-10(7-13)6-12(11)15(16)17/h4-6,9H,8H2,1-3H3. The maximum Gasteiger partial charge on any atom is 0.293 e. The molecule has 0 aromatic heterocycles. The molecule has 0 amide bonds. The second kappa shape index (κ2) is 6.26. The van der Waals surface area contributed by atoms with E-state index in [-0.39, 0.29) is 11.7 Å². The molecule has 0 spiro atoms. The molecular weight excluding hydrogens is 250 g/mol. The fourth-order valence-electron chi connectivity index (χ4n) is 1.63. The van der Waals surface area contributed by atoms with Crippen molar-refractivity contribution >= 4 is 23.1 Å². The maximum absolute atomic E-state index is 11.0. The molecule has 0 heterocycles. The number of benzene rings is 1. The third kappa shape index (κ3) is 3.14. The van der Waals surface area contributed by atoms with Crippen molar-refractivity contribution in [1.29, 1.82) is 5.26 Å². The van der Waals surface area contributed by atoms with E-state index >= 15 is 0 Å². The highest BCUT2D eigenvalue weighted by Gasteiger charge is 2.20. The Labute approximate surface area is 111 Å². The van der Waals surface area contributed by atoms with Crippen molar-refractivity contribution in [2.24, 2.45) is 0 Å². The van der Waals surface area contributed by atoms with E-state index in [0.29, 0.717) is 11.3 Å². The van der Waals surface area contributed by atoms with Gasteiger partial charge in [0.2, 0.25) is 0 Å². The van der Waals surface area contributed by atoms with Crippen LogP contribution in [0, 0.1) is 21.4 Å². The smallest absolute Gasteiger partial charge is 0.293 e. The van der Waals surface area contributed by atoms with Gasteiger partial charge in [-0.05, 0) is 25.3 Å². The monoisotopic (exact) mass is 265 g/mol. The van der Waals surface area contributed by atoms with Crippen molar-refractivity contribution < 1.29 is 4.92 Å². The molecule has 1 rings (SSSR count). The number of nitrogens with zero attached hydrogens (tertiary/aromatic N) is 3. The Morgan fingerprint density at radius 2 is 2.28 bits per heavy atom. The topological polar surface area (TPSA) is 70.2 Å². The van der Waals surface area contributed by atoms with Gasteiger partial charge in [0.05, 0.1) is 16.6 Å². The summed E-state index contributed by atoms with van der Waals surface area (Å²) in [6, 6.07) is 6.65. The predicted molar refractivity (Wildman–Crippen MR) is 74.1 cm³/mol. The van der Waals surface area contributed by atoms with Crippen LogP contribution in [-0.2, 0) is 0 Å². The van der Waals surface area contributed by atoms with Crippen molar-refractivity contribution in [3.8, 4) is 6.07 Å². The molecule has 1 aromatic rings. The molecule has 0 radical (unpaired) electrons. The van der Waals surface area contributed by atoms with E-state index < -0.39 is 4.92 Å². The normalized spacial score (nSPS) is 11.7. The second-order valence-electron chi connectivity index (χ2n) is 3.99. The SMILES string of the molecule is CSCC(C)N(C)c1ccc(C#N)cc1[N+](=O)[O-]. The van der Waals surface area contributed by atoms with Crippen LogP contribution in [-0.4, -0.2) is 30.0 Å². The summed E-state index contributed by atoms with van der Waals surface area (Å²) in [5.41, 5.74) is 0.821. The minimum absolute atomic E-state index is 0.0236. The first-order chi connectivity index (χ1) is 8.51. The van der Waals surface area contributed by atoms with Crippen molar-refractivity contribution in [2.75, 3.05) is 24.0 Å². The maximum atomic E-state index is 11.0. The predicted octanol–water partition coefficient (Wildman–Crippen LogP) is 2.65. The number of nitriles is 1. The summed E-state index contributed by atoms with van der Waals surface area (Å²) in [5, 5.41) is 19.8. The summed E-state index contributed by atoms with van der Waals surface area (Å²) < 4.78 is 0. The molecule has 0 N–H and O–H groups in total. The molecule has 6 heteroatoms. The molecule has 1 aromatic carbocycles. The second-order valence-corrected chi connectivity index (χ2v) is 4.90. The summed E-state index contributed by atoms with van der Waals surface area (Å²) in [6.07, 6.45) is 2.00. The first-order valence-electron chi connectivity index (χ1n) is 5.41. The first-order valence-corrected chi connectivity index (χ1v) is 6.81. The van der Waals surface area contributed by atoms with Crippen LogP contribution in [0.2, 0.25) is 0 Å². The van der Waals surface area contributed by atoms with Crippen LogP contribution in [0.5, 0.6) is 0 Å². The van der Waals surface area contributed by atoms with Crippen LogP contribution >= 0.6 is 11.8 Å². The Bertz CT molecular complexity index is 485. The van der Waals surface area contributed by atoms with Crippen molar-refractivity contribution in [1.82, 2.24) is 0 Å². The summed E-state index contributed by atoms with van der Waals surface area (Å²) in [6.45, 7) is 2.01. The number of thioether (sulfide) groups is 1. The van der Waals surface area contributed by atoms with Gasteiger partial charge in [-0.15, -0.1) is 0 Å². The molecule has 0 aliphatic rings. The number of nitro groups is 1. The van der Waals surface area contributed by atoms with Crippen molar-refractivity contribution in [3.05, 3.63) is 33.9 Å². The summed E-state index contributed by atoms with van der Waals surface area (Å²) >= 11 is 1.69. The summed E-state index contributed by atoms with van der Waals surface area (Å²) in [4.78, 5) is 12.5. The van der Waals surface area contributed by atoms with Gasteiger partial charge in [-0.2, -0.15) is 17.0 Å². The molecule has 18 heavy (non-hydrogen) atoms. The van der Waals surface area contributed by atoms with Crippen LogP contribution in [0.4, 0.5) is 11.4 Å². The largest absolute Gasteiger partial charge is 0.366 e. The molecule has 0 fully saturated rings. The van der Waals surface area contributed by atoms with E-state index in [9.17, 15) is 10.1 Å². The zero-order valence-corrected chi connectivity index (χ0v) is 11.4. The minimum atomic E-state index is -0.446. The Morgan fingerprint density at radius 1 is 1.61 bits per heavy atom. The highest BCUT2D eigenvalue weighted by atomic mass is 32.2. The fraction of sp³-hybridized carbons (Fsp3) is 0.417. The molecule has 0 saturated heterocycles. The molecule has 0 aliphatic heterocycles. The lowest BCUT2D eigenvalue weighted by Crippen LogP contribution is -2.31. The Hall–Kier alpha value is -1.74. The van der Waals surface area contributed by atoms with E-state index in [2.05, 4.69) is 0 Å². The minimum Gasteiger partial charge on any atom is -0.366 e. The average Bonchev–Trinajstić information content (AvgIpc) is 2.37. The van der Waals surface area contributed by atoms with Gasteiger partial charge in [0.25, 0.3) is 5.69 Å². The van der Waals surface area contributed by atoms with E-state index in [1.165, 1.54) is 6.07 Å². The molecule has 0 bridgehead atoms. The first kappa shape index (κ1) is 14.3. The van der Waals surface area contributed by atoms with Crippen LogP contribution in [0.15, 0.2) is 18.2 Å². The van der Waals surface area contributed by atoms with E-state index in [0.717, 1.165) is 5.75 Å². The molecule has 0 aliphatic carbocycles. The van der Waals surface area contributed by atoms with Crippen LogP contribution < -0.4 is 4.90 Å². The van der Waals surface area contributed by atoms with E-state index in [1.54, 1.807) is 23.9 Å². The number of hydrogen-bond acceptors (Lipinski definition) is 5. The van der Waals surface area contributed by atoms with Gasteiger partial charge in [-0.25, -0.2) is 0 Å². The Morgan fingerprint density at radius 3 is 2.78 bits per heavy atom. The van der Waals surface area contributed by atoms with Gasteiger partial charge >= 0.3 is 0 Å². The lowest BCUT2D eigenvalue weighted by Gasteiger charge is -2.26. The molecule has 96 valence electrons. The number of anilines is 1. The van der Waals surface area contributed by atoms with Gasteiger partial charge in [0.15, 0.2) is 0 Å². The van der Waals surface area contributed by atoms with Crippen LogP contribution in [0.25, 0.3) is 0 Å². The van der Waals surface area contributed by atoms with Crippen LogP contribution in [0.3, 0.4) is 0 Å². The van der Waals surface area contributed by atoms with E-state index in [1.807, 2.05) is 31.2 Å². The molecule has 1 unspecified atom stereocenters. The quantitative estimate of drug-likeness (QED) is 0.604. The van der Waals surface area contributed by atoms with Crippen LogP contribution in [0.1, 0.15) is 12.5 Å². The lowest BCUT2D eigenvalue weighted by atomic mass is 10.1. The number of rotatable bonds is 5. The highest BCUT2D eigenvalue weighted by Crippen LogP contribution is 2.29. The van der Waals surface area contributed by atoms with Gasteiger partial charge in [0, 0.05) is 24.9 Å². The number of hydrogen-bond donors (Lipinski definition) is 0. The number of nitro benzene ring substituents is 1. The summed E-state index contributed by atoms with van der Waals surface area (Å²) in [7, 11) is 1.83. The van der Waals surface area contributed by atoms with Gasteiger partial charge in [0.1, 0.15) is 5.69 Å². The van der Waals surface area contributed by atoms with Gasteiger partial charge in [-0.3, -0.25) is 10.1 Å². The van der Waals surface area contributed by atoms with Crippen molar-refractivity contribution in [2.45, 2.75) is 13.0 Å². The average molecular weight is 265 g/mol. The Balaban J connectivity index is 3.16. The third-order valence-corrected chi connectivity index (χ3v) is 3.57. The highest BCUT2D eigenvalue weighted by molar-refractivity contribution is 7.98. The van der Waals surface area contributed by atoms with E-state index in [4.69, 9.17) is 5.26 Å². The molecule has 1 atom stereocenters. The molecule has 0 saturated carbocycles. The molecule has 5 nitrogen and oxygen atoms in total. The lowest BCUT2D eigenvalue weighted by molar-refractivity contribution is -0.384. The zero-order chi connectivity index (χ0) is 13.7. The fourth-order valence-corrected chi connectivity index (χ4v) is 2.33. The third-order valence-electron chi connectivity index (χ3n) is 2.75. The van der Waals surface area contributed by atoms with Crippen molar-refractivity contribution in [3.63, 3.8) is 0 Å².